The van der Waals surface area contributed by atoms with E-state index in [9.17, 15) is 0 Å². The number of nitrogens with zero attached hydrogens (tertiary/aromatic N) is 4. The standard InChI is InChI=1S/C8H14N4O/c13-5-4-11-2-1-3-12-7-9-10-8(12)6-11/h7,13H,1-6H2. The van der Waals surface area contributed by atoms with Gasteiger partial charge in [0, 0.05) is 19.6 Å². The number of aromatic nitrogens is 3. The highest BCUT2D eigenvalue weighted by Crippen LogP contribution is 2.08. The molecule has 1 aliphatic heterocycles. The van der Waals surface area contributed by atoms with Crippen LogP contribution in [0.1, 0.15) is 12.2 Å². The number of aliphatic hydroxyl groups is 1. The molecule has 0 bridgehead atoms. The van der Waals surface area contributed by atoms with Gasteiger partial charge in [-0.25, -0.2) is 0 Å². The summed E-state index contributed by atoms with van der Waals surface area (Å²) >= 11 is 0. The van der Waals surface area contributed by atoms with Crippen LogP contribution in [-0.2, 0) is 13.1 Å². The Labute approximate surface area is 77.0 Å². The fraction of sp³-hybridized carbons (Fsp3) is 0.750. The molecule has 1 aromatic rings. The van der Waals surface area contributed by atoms with Crippen molar-refractivity contribution in [2.75, 3.05) is 19.7 Å². The van der Waals surface area contributed by atoms with Crippen LogP contribution >= 0.6 is 0 Å². The number of fused-ring (bicyclic) bond motifs is 1. The lowest BCUT2D eigenvalue weighted by Crippen LogP contribution is -2.26. The van der Waals surface area contributed by atoms with Gasteiger partial charge < -0.3 is 9.67 Å². The van der Waals surface area contributed by atoms with E-state index in [1.54, 1.807) is 6.33 Å². The molecule has 0 amide bonds. The van der Waals surface area contributed by atoms with Gasteiger partial charge in [0.2, 0.25) is 0 Å². The zero-order valence-electron chi connectivity index (χ0n) is 7.56. The summed E-state index contributed by atoms with van der Waals surface area (Å²) in [6.07, 6.45) is 2.88. The molecule has 72 valence electrons. The van der Waals surface area contributed by atoms with Crippen molar-refractivity contribution in [3.63, 3.8) is 0 Å². The first-order valence-electron chi connectivity index (χ1n) is 4.60. The van der Waals surface area contributed by atoms with Crippen LogP contribution in [0.25, 0.3) is 0 Å². The summed E-state index contributed by atoms with van der Waals surface area (Å²) in [4.78, 5) is 2.20. The highest BCUT2D eigenvalue weighted by Gasteiger charge is 2.14. The van der Waals surface area contributed by atoms with E-state index >= 15 is 0 Å². The van der Waals surface area contributed by atoms with E-state index in [2.05, 4.69) is 19.7 Å². The largest absolute Gasteiger partial charge is 0.395 e. The highest BCUT2D eigenvalue weighted by molar-refractivity contribution is 4.88. The van der Waals surface area contributed by atoms with Crippen molar-refractivity contribution in [3.05, 3.63) is 12.2 Å². The lowest BCUT2D eigenvalue weighted by molar-refractivity contribution is 0.190. The normalized spacial score (nSPS) is 18.2. The third-order valence-electron chi connectivity index (χ3n) is 2.35. The van der Waals surface area contributed by atoms with Crippen molar-refractivity contribution >= 4 is 0 Å². The van der Waals surface area contributed by atoms with Crippen molar-refractivity contribution in [2.24, 2.45) is 0 Å². The Balaban J connectivity index is 2.07. The van der Waals surface area contributed by atoms with Gasteiger partial charge in [-0.05, 0) is 6.42 Å². The molecule has 0 aliphatic carbocycles. The molecule has 0 spiro atoms. The summed E-state index contributed by atoms with van der Waals surface area (Å²) in [6, 6.07) is 0. The average Bonchev–Trinajstić information content (AvgIpc) is 2.46. The van der Waals surface area contributed by atoms with Crippen LogP contribution in [0.5, 0.6) is 0 Å². The van der Waals surface area contributed by atoms with Crippen molar-refractivity contribution in [1.82, 2.24) is 19.7 Å². The van der Waals surface area contributed by atoms with Crippen LogP contribution in [0.15, 0.2) is 6.33 Å². The predicted octanol–water partition coefficient (Wildman–Crippen LogP) is -0.524. The quantitative estimate of drug-likeness (QED) is 0.668. The second-order valence-electron chi connectivity index (χ2n) is 3.29. The van der Waals surface area contributed by atoms with E-state index in [0.717, 1.165) is 38.4 Å². The van der Waals surface area contributed by atoms with E-state index in [-0.39, 0.29) is 6.61 Å². The molecular formula is C8H14N4O. The van der Waals surface area contributed by atoms with Gasteiger partial charge in [0.05, 0.1) is 13.2 Å². The molecule has 13 heavy (non-hydrogen) atoms. The van der Waals surface area contributed by atoms with Crippen molar-refractivity contribution in [3.8, 4) is 0 Å². The van der Waals surface area contributed by atoms with E-state index in [1.807, 2.05) is 0 Å². The third kappa shape index (κ3) is 1.87. The van der Waals surface area contributed by atoms with Gasteiger partial charge in [-0.3, -0.25) is 4.90 Å². The van der Waals surface area contributed by atoms with E-state index in [0.29, 0.717) is 0 Å². The molecule has 0 radical (unpaired) electrons. The van der Waals surface area contributed by atoms with Crippen LogP contribution < -0.4 is 0 Å². The molecule has 0 aromatic carbocycles. The zero-order chi connectivity index (χ0) is 9.10. The van der Waals surface area contributed by atoms with Gasteiger partial charge in [0.25, 0.3) is 0 Å². The summed E-state index contributed by atoms with van der Waals surface area (Å²) in [5, 5.41) is 16.7. The molecule has 0 saturated heterocycles. The number of aliphatic hydroxyl groups excluding tert-OH is 1. The van der Waals surface area contributed by atoms with Gasteiger partial charge in [0.1, 0.15) is 12.2 Å². The first-order valence-corrected chi connectivity index (χ1v) is 4.60. The summed E-state index contributed by atoms with van der Waals surface area (Å²) < 4.78 is 2.08. The maximum absolute atomic E-state index is 8.82. The minimum absolute atomic E-state index is 0.216. The number of β-amino-alcohol motifs (C(OH)–C–C–N with tert-alkyl or cyclic N) is 1. The highest BCUT2D eigenvalue weighted by atomic mass is 16.3. The predicted molar refractivity (Wildman–Crippen MR) is 47.0 cm³/mol. The topological polar surface area (TPSA) is 54.2 Å². The van der Waals surface area contributed by atoms with Gasteiger partial charge in [-0.2, -0.15) is 0 Å². The van der Waals surface area contributed by atoms with Gasteiger partial charge in [-0.1, -0.05) is 0 Å². The number of rotatable bonds is 2. The molecule has 2 heterocycles. The molecule has 5 nitrogen and oxygen atoms in total. The minimum atomic E-state index is 0.216. The van der Waals surface area contributed by atoms with Crippen molar-refractivity contribution in [1.29, 1.82) is 0 Å². The Bertz CT molecular complexity index is 273. The molecule has 2 rings (SSSR count). The minimum Gasteiger partial charge on any atom is -0.395 e. The maximum Gasteiger partial charge on any atom is 0.147 e. The Kier molecular flexibility index (Phi) is 2.56. The molecule has 1 N–H and O–H groups in total. The Morgan fingerprint density at radius 1 is 1.46 bits per heavy atom. The lowest BCUT2D eigenvalue weighted by Gasteiger charge is -2.16. The van der Waals surface area contributed by atoms with Crippen LogP contribution in [-0.4, -0.2) is 44.5 Å². The second kappa shape index (κ2) is 3.85. The summed E-state index contributed by atoms with van der Waals surface area (Å²) in [6.45, 7) is 3.77. The fourth-order valence-corrected chi connectivity index (χ4v) is 1.66. The monoisotopic (exact) mass is 182 g/mol. The number of aryl methyl sites for hydroxylation is 1. The first-order chi connectivity index (χ1) is 6.40. The van der Waals surface area contributed by atoms with E-state index < -0.39 is 0 Å². The summed E-state index contributed by atoms with van der Waals surface area (Å²) in [5.41, 5.74) is 0. The van der Waals surface area contributed by atoms with Crippen LogP contribution in [0, 0.1) is 0 Å². The second-order valence-corrected chi connectivity index (χ2v) is 3.29. The molecule has 1 aliphatic rings. The smallest absolute Gasteiger partial charge is 0.147 e. The zero-order valence-corrected chi connectivity index (χ0v) is 7.56. The van der Waals surface area contributed by atoms with Crippen LogP contribution in [0.3, 0.4) is 0 Å². The van der Waals surface area contributed by atoms with Gasteiger partial charge in [0.15, 0.2) is 0 Å². The molecule has 0 atom stereocenters. The Hall–Kier alpha value is -0.940. The SMILES string of the molecule is OCCN1CCCn2cnnc2C1. The van der Waals surface area contributed by atoms with Gasteiger partial charge >= 0.3 is 0 Å². The van der Waals surface area contributed by atoms with E-state index in [4.69, 9.17) is 5.11 Å². The molecule has 1 aromatic heterocycles. The third-order valence-corrected chi connectivity index (χ3v) is 2.35. The fourth-order valence-electron chi connectivity index (χ4n) is 1.66. The van der Waals surface area contributed by atoms with E-state index in [1.165, 1.54) is 0 Å². The van der Waals surface area contributed by atoms with Crippen LogP contribution in [0.2, 0.25) is 0 Å². The van der Waals surface area contributed by atoms with Gasteiger partial charge in [-0.15, -0.1) is 10.2 Å². The lowest BCUT2D eigenvalue weighted by atomic mass is 10.4. The Morgan fingerprint density at radius 3 is 3.23 bits per heavy atom. The molecule has 0 fully saturated rings. The molecule has 0 saturated carbocycles. The summed E-state index contributed by atoms with van der Waals surface area (Å²) in [7, 11) is 0. The van der Waals surface area contributed by atoms with Crippen molar-refractivity contribution in [2.45, 2.75) is 19.5 Å². The maximum atomic E-state index is 8.82. The van der Waals surface area contributed by atoms with Crippen LogP contribution in [0.4, 0.5) is 0 Å². The first kappa shape index (κ1) is 8.65. The number of hydrogen-bond donors (Lipinski definition) is 1. The number of hydrogen-bond acceptors (Lipinski definition) is 4. The molecule has 5 heteroatoms. The average molecular weight is 182 g/mol. The molecular weight excluding hydrogens is 168 g/mol. The molecule has 0 unspecified atom stereocenters. The Morgan fingerprint density at radius 2 is 2.38 bits per heavy atom. The van der Waals surface area contributed by atoms with Crippen molar-refractivity contribution < 1.29 is 5.11 Å². The summed E-state index contributed by atoms with van der Waals surface area (Å²) in [5.74, 6) is 1.01.